The maximum absolute atomic E-state index is 12.1. The predicted molar refractivity (Wildman–Crippen MR) is 82.4 cm³/mol. The number of fused-ring (bicyclic) bond motifs is 1. The Bertz CT molecular complexity index is 452. The molecule has 122 valence electrons. The first-order chi connectivity index (χ1) is 9.96. The van der Waals surface area contributed by atoms with Gasteiger partial charge in [-0.25, -0.2) is 13.1 Å². The van der Waals surface area contributed by atoms with Crippen LogP contribution in [0, 0.1) is 5.92 Å². The van der Waals surface area contributed by atoms with Crippen molar-refractivity contribution >= 4 is 15.9 Å². The van der Waals surface area contributed by atoms with E-state index in [2.05, 4.69) is 15.4 Å². The van der Waals surface area contributed by atoms with Gasteiger partial charge < -0.3 is 10.6 Å². The highest BCUT2D eigenvalue weighted by Gasteiger charge is 2.34. The van der Waals surface area contributed by atoms with Crippen LogP contribution < -0.4 is 15.4 Å². The number of hydrogen-bond acceptors (Lipinski definition) is 4. The van der Waals surface area contributed by atoms with Crippen molar-refractivity contribution in [2.45, 2.75) is 57.0 Å². The molecule has 21 heavy (non-hydrogen) atoms. The number of carbonyl (C=O) groups is 1. The second-order valence-corrected chi connectivity index (χ2v) is 8.09. The lowest BCUT2D eigenvalue weighted by Gasteiger charge is -2.39. The average Bonchev–Trinajstić information content (AvgIpc) is 2.45. The fourth-order valence-corrected chi connectivity index (χ4v) is 3.90. The van der Waals surface area contributed by atoms with Gasteiger partial charge in [-0.05, 0) is 38.0 Å². The number of rotatable bonds is 6. The summed E-state index contributed by atoms with van der Waals surface area (Å²) in [4.78, 5) is 12.1. The van der Waals surface area contributed by atoms with Gasteiger partial charge in [0, 0.05) is 19.1 Å². The Morgan fingerprint density at radius 2 is 1.90 bits per heavy atom. The number of hydrogen-bond donors (Lipinski definition) is 3. The van der Waals surface area contributed by atoms with E-state index in [9.17, 15) is 13.2 Å². The molecule has 2 aliphatic rings. The maximum atomic E-state index is 12.1. The van der Waals surface area contributed by atoms with Gasteiger partial charge in [0.2, 0.25) is 15.9 Å². The first-order valence-corrected chi connectivity index (χ1v) is 9.83. The molecular weight excluding hydrogens is 290 g/mol. The molecule has 3 atom stereocenters. The highest BCUT2D eigenvalue weighted by Crippen LogP contribution is 2.32. The van der Waals surface area contributed by atoms with Crippen LogP contribution in [0.2, 0.25) is 0 Å². The van der Waals surface area contributed by atoms with Crippen LogP contribution in [-0.2, 0) is 14.8 Å². The van der Waals surface area contributed by atoms with Gasteiger partial charge in [0.25, 0.3) is 0 Å². The summed E-state index contributed by atoms with van der Waals surface area (Å²) in [6, 6.07) is 0.433. The predicted octanol–water partition coefficient (Wildman–Crippen LogP) is 0.353. The van der Waals surface area contributed by atoms with Crippen LogP contribution in [0.4, 0.5) is 0 Å². The molecule has 6 nitrogen and oxygen atoms in total. The minimum atomic E-state index is -3.13. The fourth-order valence-electron chi connectivity index (χ4n) is 3.38. The topological polar surface area (TPSA) is 87.3 Å². The Balaban J connectivity index is 1.64. The molecule has 0 bridgehead atoms. The zero-order chi connectivity index (χ0) is 15.3. The van der Waals surface area contributed by atoms with E-state index in [1.165, 1.54) is 25.7 Å². The molecule has 1 saturated heterocycles. The lowest BCUT2D eigenvalue weighted by Crippen LogP contribution is -2.55. The van der Waals surface area contributed by atoms with E-state index in [1.807, 2.05) is 0 Å². The lowest BCUT2D eigenvalue weighted by atomic mass is 9.77. The summed E-state index contributed by atoms with van der Waals surface area (Å²) in [6.07, 6.45) is 8.87. The van der Waals surface area contributed by atoms with Crippen LogP contribution in [0.5, 0.6) is 0 Å². The molecule has 0 aromatic heterocycles. The van der Waals surface area contributed by atoms with Gasteiger partial charge in [0.1, 0.15) is 0 Å². The third kappa shape index (κ3) is 5.56. The number of carbonyl (C=O) groups excluding carboxylic acids is 1. The second-order valence-electron chi connectivity index (χ2n) is 6.26. The Labute approximate surface area is 127 Å². The summed E-state index contributed by atoms with van der Waals surface area (Å²) in [6.45, 7) is 0.871. The first-order valence-electron chi connectivity index (χ1n) is 7.94. The summed E-state index contributed by atoms with van der Waals surface area (Å²) < 4.78 is 24.2. The molecule has 0 aromatic carbocycles. The molecule has 1 saturated carbocycles. The number of sulfonamides is 1. The van der Waals surface area contributed by atoms with E-state index in [1.54, 1.807) is 0 Å². The molecule has 0 radical (unpaired) electrons. The lowest BCUT2D eigenvalue weighted by molar-refractivity contribution is -0.124. The van der Waals surface area contributed by atoms with Crippen molar-refractivity contribution in [3.05, 3.63) is 0 Å². The van der Waals surface area contributed by atoms with Gasteiger partial charge in [0.05, 0.1) is 12.3 Å². The Morgan fingerprint density at radius 3 is 2.67 bits per heavy atom. The maximum Gasteiger partial charge on any atom is 0.237 e. The van der Waals surface area contributed by atoms with Crippen LogP contribution >= 0.6 is 0 Å². The van der Waals surface area contributed by atoms with Crippen molar-refractivity contribution in [3.63, 3.8) is 0 Å². The minimum Gasteiger partial charge on any atom is -0.355 e. The summed E-state index contributed by atoms with van der Waals surface area (Å²) in [7, 11) is -3.13. The average molecular weight is 317 g/mol. The van der Waals surface area contributed by atoms with E-state index in [4.69, 9.17) is 0 Å². The van der Waals surface area contributed by atoms with Gasteiger partial charge in [-0.15, -0.1) is 0 Å². The van der Waals surface area contributed by atoms with Gasteiger partial charge in [-0.2, -0.15) is 0 Å². The molecule has 3 N–H and O–H groups in total. The molecular formula is C14H27N3O3S. The van der Waals surface area contributed by atoms with Crippen molar-refractivity contribution < 1.29 is 13.2 Å². The SMILES string of the molecule is CS(=O)(=O)NCCCNC(=O)C1CCC2CCCCC2N1. The van der Waals surface area contributed by atoms with E-state index < -0.39 is 10.0 Å². The van der Waals surface area contributed by atoms with Gasteiger partial charge in [0.15, 0.2) is 0 Å². The van der Waals surface area contributed by atoms with Gasteiger partial charge >= 0.3 is 0 Å². The molecule has 1 aliphatic heterocycles. The van der Waals surface area contributed by atoms with Gasteiger partial charge in [-0.3, -0.25) is 4.79 Å². The molecule has 2 fully saturated rings. The van der Waals surface area contributed by atoms with E-state index in [0.29, 0.717) is 25.6 Å². The zero-order valence-electron chi connectivity index (χ0n) is 12.7. The zero-order valence-corrected chi connectivity index (χ0v) is 13.5. The largest absolute Gasteiger partial charge is 0.355 e. The molecule has 1 heterocycles. The second kappa shape index (κ2) is 7.56. The number of piperidine rings is 1. The van der Waals surface area contributed by atoms with Crippen LogP contribution in [0.25, 0.3) is 0 Å². The molecule has 1 aliphatic carbocycles. The summed E-state index contributed by atoms with van der Waals surface area (Å²) >= 11 is 0. The van der Waals surface area contributed by atoms with Crippen LogP contribution in [0.3, 0.4) is 0 Å². The molecule has 2 rings (SSSR count). The summed E-state index contributed by atoms with van der Waals surface area (Å²) in [5.74, 6) is 0.806. The molecule has 3 unspecified atom stereocenters. The van der Waals surface area contributed by atoms with Crippen molar-refractivity contribution in [1.29, 1.82) is 0 Å². The van der Waals surface area contributed by atoms with Crippen LogP contribution in [0.1, 0.15) is 44.9 Å². The van der Waals surface area contributed by atoms with E-state index in [0.717, 1.165) is 25.0 Å². The van der Waals surface area contributed by atoms with Crippen LogP contribution in [-0.4, -0.2) is 45.8 Å². The smallest absolute Gasteiger partial charge is 0.237 e. The highest BCUT2D eigenvalue weighted by atomic mass is 32.2. The highest BCUT2D eigenvalue weighted by molar-refractivity contribution is 7.88. The van der Waals surface area contributed by atoms with E-state index in [-0.39, 0.29) is 11.9 Å². The van der Waals surface area contributed by atoms with Crippen molar-refractivity contribution in [1.82, 2.24) is 15.4 Å². The summed E-state index contributed by atoms with van der Waals surface area (Å²) in [5.41, 5.74) is 0. The van der Waals surface area contributed by atoms with Crippen molar-refractivity contribution in [3.8, 4) is 0 Å². The Hall–Kier alpha value is -0.660. The number of nitrogens with one attached hydrogen (secondary N) is 3. The standard InChI is InChI=1S/C14H27N3O3S/c1-21(19,20)16-10-4-9-15-14(18)13-8-7-11-5-2-3-6-12(11)17-13/h11-13,16-17H,2-10H2,1H3,(H,15,18). The fraction of sp³-hybridized carbons (Fsp3) is 0.929. The van der Waals surface area contributed by atoms with Crippen molar-refractivity contribution in [2.75, 3.05) is 19.3 Å². The number of amides is 1. The normalized spacial score (nSPS) is 29.7. The minimum absolute atomic E-state index is 0.0541. The Kier molecular flexibility index (Phi) is 6.01. The molecule has 0 aromatic rings. The molecule has 7 heteroatoms. The summed E-state index contributed by atoms with van der Waals surface area (Å²) in [5, 5.41) is 6.39. The van der Waals surface area contributed by atoms with E-state index >= 15 is 0 Å². The third-order valence-corrected chi connectivity index (χ3v) is 5.21. The quantitative estimate of drug-likeness (QED) is 0.617. The molecule has 1 amide bonds. The van der Waals surface area contributed by atoms with Gasteiger partial charge in [-0.1, -0.05) is 12.8 Å². The monoisotopic (exact) mass is 317 g/mol. The first kappa shape index (κ1) is 16.7. The van der Waals surface area contributed by atoms with Crippen molar-refractivity contribution in [2.24, 2.45) is 5.92 Å². The Morgan fingerprint density at radius 1 is 1.14 bits per heavy atom. The van der Waals surface area contributed by atoms with Crippen LogP contribution in [0.15, 0.2) is 0 Å². The molecule has 0 spiro atoms. The third-order valence-electron chi connectivity index (χ3n) is 4.48.